The van der Waals surface area contributed by atoms with Gasteiger partial charge in [-0.1, -0.05) is 32.0 Å². The lowest BCUT2D eigenvalue weighted by molar-refractivity contribution is -0.143. The molecule has 2 aliphatic heterocycles. The van der Waals surface area contributed by atoms with Crippen molar-refractivity contribution in [2.45, 2.75) is 52.0 Å². The number of para-hydroxylation sites is 1. The number of fused-ring (bicyclic) bond motifs is 3. The number of benzene rings is 2. The summed E-state index contributed by atoms with van der Waals surface area (Å²) < 4.78 is 32.7. The number of nitrogens with one attached hydrogen (secondary N) is 1. The summed E-state index contributed by atoms with van der Waals surface area (Å²) in [6.07, 6.45) is -0.510. The summed E-state index contributed by atoms with van der Waals surface area (Å²) in [6.45, 7) is 7.03. The number of carbonyl (C=O) groups is 2. The molecule has 2 aliphatic rings. The molecule has 0 aromatic heterocycles. The average molecular weight is 456 g/mol. The van der Waals surface area contributed by atoms with E-state index in [4.69, 9.17) is 4.74 Å². The molecule has 2 N–H and O–H groups in total. The SMILES string of the molecule is CC(C)OC(=O)C1=CN(C(=O)c2ccc(F)c(F)c2)C(O)C(C)(C)C2c3ccccc3NC12. The molecule has 3 unspecified atom stereocenters. The van der Waals surface area contributed by atoms with Crippen molar-refractivity contribution in [1.82, 2.24) is 4.90 Å². The highest BCUT2D eigenvalue weighted by Gasteiger charge is 2.53. The van der Waals surface area contributed by atoms with Crippen LogP contribution >= 0.6 is 0 Å². The Morgan fingerprint density at radius 2 is 1.82 bits per heavy atom. The molecule has 0 fully saturated rings. The first-order valence-electron chi connectivity index (χ1n) is 10.8. The number of carbonyl (C=O) groups excluding carboxylic acids is 2. The third-order valence-corrected chi connectivity index (χ3v) is 6.26. The van der Waals surface area contributed by atoms with Gasteiger partial charge in [-0.05, 0) is 43.7 Å². The number of amides is 1. The lowest BCUT2D eigenvalue weighted by atomic mass is 9.70. The standard InChI is InChI=1S/C25H26F2N2O4/c1-13(2)33-23(31)16-12-29(22(30)14-9-10-17(26)18(27)11-14)24(32)25(3,4)20-15-7-5-6-8-19(15)28-21(16)20/h5-13,20-21,24,28,32H,1-4H3. The Labute approximate surface area is 190 Å². The highest BCUT2D eigenvalue weighted by atomic mass is 19.2. The van der Waals surface area contributed by atoms with E-state index in [0.717, 1.165) is 34.3 Å². The molecule has 0 bridgehead atoms. The molecular weight excluding hydrogens is 430 g/mol. The molecule has 2 aromatic carbocycles. The molecule has 2 aromatic rings. The van der Waals surface area contributed by atoms with Gasteiger partial charge in [-0.2, -0.15) is 0 Å². The van der Waals surface area contributed by atoms with E-state index in [0.29, 0.717) is 0 Å². The smallest absolute Gasteiger partial charge is 0.337 e. The van der Waals surface area contributed by atoms with E-state index < -0.39 is 47.3 Å². The van der Waals surface area contributed by atoms with Gasteiger partial charge in [0.05, 0.1) is 17.7 Å². The van der Waals surface area contributed by atoms with Gasteiger partial charge in [-0.15, -0.1) is 0 Å². The number of nitrogens with zero attached hydrogens (tertiary/aromatic N) is 1. The Balaban J connectivity index is 1.85. The van der Waals surface area contributed by atoms with Crippen LogP contribution in [-0.2, 0) is 9.53 Å². The fourth-order valence-electron chi connectivity index (χ4n) is 4.65. The largest absolute Gasteiger partial charge is 0.460 e. The fourth-order valence-corrected chi connectivity index (χ4v) is 4.65. The van der Waals surface area contributed by atoms with E-state index in [1.807, 2.05) is 24.3 Å². The molecule has 3 atom stereocenters. The van der Waals surface area contributed by atoms with Crippen molar-refractivity contribution in [1.29, 1.82) is 0 Å². The summed E-state index contributed by atoms with van der Waals surface area (Å²) in [5, 5.41) is 14.7. The summed E-state index contributed by atoms with van der Waals surface area (Å²) in [5.74, 6) is -4.04. The van der Waals surface area contributed by atoms with Crippen LogP contribution in [0.1, 0.15) is 49.5 Å². The minimum atomic E-state index is -1.37. The summed E-state index contributed by atoms with van der Waals surface area (Å²) >= 11 is 0. The van der Waals surface area contributed by atoms with Gasteiger partial charge in [-0.3, -0.25) is 9.69 Å². The van der Waals surface area contributed by atoms with Gasteiger partial charge in [0.2, 0.25) is 0 Å². The summed E-state index contributed by atoms with van der Waals surface area (Å²) in [6, 6.07) is 9.74. The second-order valence-corrected chi connectivity index (χ2v) is 9.26. The third-order valence-electron chi connectivity index (χ3n) is 6.26. The maximum Gasteiger partial charge on any atom is 0.337 e. The molecule has 2 heterocycles. The number of ether oxygens (including phenoxy) is 1. The zero-order valence-corrected chi connectivity index (χ0v) is 18.8. The molecule has 0 aliphatic carbocycles. The molecule has 0 spiro atoms. The molecule has 8 heteroatoms. The zero-order valence-electron chi connectivity index (χ0n) is 18.8. The van der Waals surface area contributed by atoms with Crippen molar-refractivity contribution in [2.24, 2.45) is 5.41 Å². The van der Waals surface area contributed by atoms with Crippen LogP contribution in [0, 0.1) is 17.0 Å². The third kappa shape index (κ3) is 3.88. The van der Waals surface area contributed by atoms with Gasteiger partial charge in [-0.25, -0.2) is 13.6 Å². The number of halogens is 2. The quantitative estimate of drug-likeness (QED) is 0.678. The Morgan fingerprint density at radius 3 is 2.48 bits per heavy atom. The topological polar surface area (TPSA) is 78.9 Å². The first-order valence-corrected chi connectivity index (χ1v) is 10.8. The van der Waals surface area contributed by atoms with Gasteiger partial charge in [0.25, 0.3) is 5.91 Å². The first-order chi connectivity index (χ1) is 15.5. The van der Waals surface area contributed by atoms with Gasteiger partial charge in [0, 0.05) is 28.8 Å². The van der Waals surface area contributed by atoms with Crippen molar-refractivity contribution in [2.75, 3.05) is 5.32 Å². The van der Waals surface area contributed by atoms with Gasteiger partial charge in [0.1, 0.15) is 6.23 Å². The number of aliphatic hydroxyl groups excluding tert-OH is 1. The van der Waals surface area contributed by atoms with Crippen molar-refractivity contribution >= 4 is 17.6 Å². The lowest BCUT2D eigenvalue weighted by Gasteiger charge is -2.40. The summed E-state index contributed by atoms with van der Waals surface area (Å²) in [5.41, 5.74) is 0.797. The molecule has 0 saturated heterocycles. The monoisotopic (exact) mass is 456 g/mol. The van der Waals surface area contributed by atoms with E-state index in [1.165, 1.54) is 6.20 Å². The second-order valence-electron chi connectivity index (χ2n) is 9.26. The first kappa shape index (κ1) is 22.9. The van der Waals surface area contributed by atoms with Crippen molar-refractivity contribution in [3.8, 4) is 0 Å². The molecule has 33 heavy (non-hydrogen) atoms. The summed E-state index contributed by atoms with van der Waals surface area (Å²) in [7, 11) is 0. The van der Waals surface area contributed by atoms with Crippen LogP contribution in [0.25, 0.3) is 0 Å². The normalized spacial score (nSPS) is 23.2. The predicted octanol–water partition coefficient (Wildman–Crippen LogP) is 4.18. The van der Waals surface area contributed by atoms with Crippen LogP contribution in [-0.4, -0.2) is 40.3 Å². The summed E-state index contributed by atoms with van der Waals surface area (Å²) in [4.78, 5) is 27.5. The fraction of sp³-hybridized carbons (Fsp3) is 0.360. The van der Waals surface area contributed by atoms with E-state index in [9.17, 15) is 23.5 Å². The number of anilines is 1. The Hall–Kier alpha value is -3.26. The van der Waals surface area contributed by atoms with E-state index in [1.54, 1.807) is 27.7 Å². The van der Waals surface area contributed by atoms with Crippen molar-refractivity contribution in [3.05, 3.63) is 77.0 Å². The predicted molar refractivity (Wildman–Crippen MR) is 118 cm³/mol. The van der Waals surface area contributed by atoms with Crippen LogP contribution < -0.4 is 5.32 Å². The minimum Gasteiger partial charge on any atom is -0.460 e. The lowest BCUT2D eigenvalue weighted by Crippen LogP contribution is -2.48. The highest BCUT2D eigenvalue weighted by molar-refractivity contribution is 5.97. The Morgan fingerprint density at radius 1 is 1.12 bits per heavy atom. The van der Waals surface area contributed by atoms with Crippen LogP contribution in [0.4, 0.5) is 14.5 Å². The van der Waals surface area contributed by atoms with Crippen LogP contribution in [0.15, 0.2) is 54.2 Å². The van der Waals surface area contributed by atoms with Crippen LogP contribution in [0.5, 0.6) is 0 Å². The molecule has 4 rings (SSSR count). The molecular formula is C25H26F2N2O4. The number of aliphatic hydroxyl groups is 1. The number of hydrogen-bond donors (Lipinski definition) is 2. The van der Waals surface area contributed by atoms with Gasteiger partial charge < -0.3 is 15.2 Å². The maximum atomic E-state index is 13.8. The Bertz CT molecular complexity index is 1140. The number of hydrogen-bond acceptors (Lipinski definition) is 5. The molecule has 0 radical (unpaired) electrons. The van der Waals surface area contributed by atoms with Crippen molar-refractivity contribution < 1.29 is 28.2 Å². The van der Waals surface area contributed by atoms with E-state index >= 15 is 0 Å². The maximum absolute atomic E-state index is 13.8. The molecule has 174 valence electrons. The molecule has 0 saturated carbocycles. The number of rotatable bonds is 3. The minimum absolute atomic E-state index is 0.156. The van der Waals surface area contributed by atoms with Crippen LogP contribution in [0.3, 0.4) is 0 Å². The highest BCUT2D eigenvalue weighted by Crippen LogP contribution is 2.52. The Kier molecular flexibility index (Phi) is 5.74. The zero-order chi connectivity index (χ0) is 24.1. The molecule has 6 nitrogen and oxygen atoms in total. The van der Waals surface area contributed by atoms with Crippen LogP contribution in [0.2, 0.25) is 0 Å². The van der Waals surface area contributed by atoms with Crippen molar-refractivity contribution in [3.63, 3.8) is 0 Å². The second kappa shape index (κ2) is 8.26. The molecule has 1 amide bonds. The van der Waals surface area contributed by atoms with E-state index in [2.05, 4.69) is 5.32 Å². The van der Waals surface area contributed by atoms with E-state index in [-0.39, 0.29) is 17.1 Å². The average Bonchev–Trinajstić information content (AvgIpc) is 3.11. The number of esters is 1. The van der Waals surface area contributed by atoms with Gasteiger partial charge >= 0.3 is 5.97 Å². The van der Waals surface area contributed by atoms with Gasteiger partial charge in [0.15, 0.2) is 11.6 Å².